The highest BCUT2D eigenvalue weighted by atomic mass is 19.4. The van der Waals surface area contributed by atoms with Crippen molar-refractivity contribution < 1.29 is 26.3 Å². The van der Waals surface area contributed by atoms with Crippen LogP contribution in [0, 0.1) is 12.3 Å². The van der Waals surface area contributed by atoms with Gasteiger partial charge in [-0.05, 0) is 53.1 Å². The van der Waals surface area contributed by atoms with Crippen LogP contribution in [-0.2, 0) is 18.8 Å². The van der Waals surface area contributed by atoms with Crippen LogP contribution in [0.3, 0.4) is 0 Å². The van der Waals surface area contributed by atoms with Crippen LogP contribution < -0.4 is 0 Å². The molecule has 0 saturated carbocycles. The van der Waals surface area contributed by atoms with Gasteiger partial charge in [0.25, 0.3) is 0 Å². The summed E-state index contributed by atoms with van der Waals surface area (Å²) >= 11 is 0. The molecule has 0 aliphatic heterocycles. The Morgan fingerprint density at radius 2 is 1.31 bits per heavy atom. The standard InChI is InChI=1S/C20H20F6/c1-12-5-7-14(10-16(12)19(21,22)23)15-8-6-13(11-18(2,3)4)9-17(15)20(24,25)26/h5-10H,11H2,1-4H3. The van der Waals surface area contributed by atoms with E-state index in [0.29, 0.717) is 12.0 Å². The topological polar surface area (TPSA) is 0 Å². The van der Waals surface area contributed by atoms with Crippen LogP contribution in [0.15, 0.2) is 36.4 Å². The molecule has 0 amide bonds. The van der Waals surface area contributed by atoms with Crippen molar-refractivity contribution in [2.45, 2.75) is 46.5 Å². The molecule has 0 spiro atoms. The maximum atomic E-state index is 13.5. The molecule has 0 saturated heterocycles. The molecule has 0 fully saturated rings. The smallest absolute Gasteiger partial charge is 0.166 e. The van der Waals surface area contributed by atoms with Gasteiger partial charge >= 0.3 is 12.4 Å². The van der Waals surface area contributed by atoms with E-state index in [4.69, 9.17) is 0 Å². The minimum Gasteiger partial charge on any atom is -0.166 e. The van der Waals surface area contributed by atoms with Crippen molar-refractivity contribution in [2.75, 3.05) is 0 Å². The summed E-state index contributed by atoms with van der Waals surface area (Å²) < 4.78 is 79.9. The summed E-state index contributed by atoms with van der Waals surface area (Å²) in [4.78, 5) is 0. The van der Waals surface area contributed by atoms with Gasteiger partial charge in [0, 0.05) is 0 Å². The first-order chi connectivity index (χ1) is 11.7. The molecule has 0 atom stereocenters. The second-order valence-corrected chi connectivity index (χ2v) is 7.64. The molecular weight excluding hydrogens is 354 g/mol. The maximum Gasteiger partial charge on any atom is 0.417 e. The normalized spacial score (nSPS) is 13.2. The number of hydrogen-bond acceptors (Lipinski definition) is 0. The van der Waals surface area contributed by atoms with E-state index in [1.807, 2.05) is 20.8 Å². The van der Waals surface area contributed by atoms with E-state index >= 15 is 0 Å². The van der Waals surface area contributed by atoms with Crippen molar-refractivity contribution in [1.82, 2.24) is 0 Å². The van der Waals surface area contributed by atoms with E-state index in [0.717, 1.165) is 12.1 Å². The van der Waals surface area contributed by atoms with E-state index < -0.39 is 23.5 Å². The lowest BCUT2D eigenvalue weighted by Crippen LogP contribution is -2.13. The van der Waals surface area contributed by atoms with Crippen molar-refractivity contribution in [3.63, 3.8) is 0 Å². The van der Waals surface area contributed by atoms with Crippen LogP contribution in [0.5, 0.6) is 0 Å². The first kappa shape index (κ1) is 20.3. The average molecular weight is 374 g/mol. The second kappa shape index (κ2) is 6.63. The van der Waals surface area contributed by atoms with Gasteiger partial charge < -0.3 is 0 Å². The van der Waals surface area contributed by atoms with E-state index in [9.17, 15) is 26.3 Å². The van der Waals surface area contributed by atoms with Crippen molar-refractivity contribution >= 4 is 0 Å². The highest BCUT2D eigenvalue weighted by molar-refractivity contribution is 5.70. The van der Waals surface area contributed by atoms with Gasteiger partial charge in [-0.25, -0.2) is 0 Å². The van der Waals surface area contributed by atoms with Crippen molar-refractivity contribution in [1.29, 1.82) is 0 Å². The lowest BCUT2D eigenvalue weighted by molar-refractivity contribution is -0.138. The molecule has 0 heterocycles. The number of benzene rings is 2. The zero-order chi connectivity index (χ0) is 19.9. The molecule has 26 heavy (non-hydrogen) atoms. The Labute approximate surface area is 148 Å². The summed E-state index contributed by atoms with van der Waals surface area (Å²) in [5.74, 6) is 0. The SMILES string of the molecule is Cc1ccc(-c2ccc(CC(C)(C)C)cc2C(F)(F)F)cc1C(F)(F)F. The van der Waals surface area contributed by atoms with E-state index in [-0.39, 0.29) is 22.1 Å². The quantitative estimate of drug-likeness (QED) is 0.484. The average Bonchev–Trinajstić information content (AvgIpc) is 2.44. The molecule has 0 nitrogen and oxygen atoms in total. The highest BCUT2D eigenvalue weighted by Gasteiger charge is 2.36. The molecule has 0 N–H and O–H groups in total. The van der Waals surface area contributed by atoms with Gasteiger partial charge in [-0.2, -0.15) is 26.3 Å². The Morgan fingerprint density at radius 1 is 0.731 bits per heavy atom. The van der Waals surface area contributed by atoms with Gasteiger partial charge in [0.1, 0.15) is 0 Å². The maximum absolute atomic E-state index is 13.5. The molecule has 0 bridgehead atoms. The van der Waals surface area contributed by atoms with Crippen molar-refractivity contribution in [3.8, 4) is 11.1 Å². The van der Waals surface area contributed by atoms with Gasteiger partial charge in [-0.15, -0.1) is 0 Å². The molecule has 0 unspecified atom stereocenters. The molecule has 0 radical (unpaired) electrons. The van der Waals surface area contributed by atoms with Crippen LogP contribution in [0.25, 0.3) is 11.1 Å². The van der Waals surface area contributed by atoms with Crippen LogP contribution in [0.1, 0.15) is 43.0 Å². The van der Waals surface area contributed by atoms with Crippen molar-refractivity contribution in [3.05, 3.63) is 58.7 Å². The minimum atomic E-state index is -4.66. The Morgan fingerprint density at radius 3 is 1.81 bits per heavy atom. The predicted molar refractivity (Wildman–Crippen MR) is 89.8 cm³/mol. The first-order valence-electron chi connectivity index (χ1n) is 8.07. The van der Waals surface area contributed by atoms with Gasteiger partial charge in [-0.3, -0.25) is 0 Å². The van der Waals surface area contributed by atoms with Gasteiger partial charge in [0.05, 0.1) is 11.1 Å². The van der Waals surface area contributed by atoms with Crippen LogP contribution >= 0.6 is 0 Å². The highest BCUT2D eigenvalue weighted by Crippen LogP contribution is 2.41. The number of hydrogen-bond donors (Lipinski definition) is 0. The summed E-state index contributed by atoms with van der Waals surface area (Å²) in [6.07, 6.45) is -8.85. The molecule has 142 valence electrons. The number of aryl methyl sites for hydroxylation is 1. The monoisotopic (exact) mass is 374 g/mol. The second-order valence-electron chi connectivity index (χ2n) is 7.64. The molecule has 2 aromatic rings. The summed E-state index contributed by atoms with van der Waals surface area (Å²) in [6.45, 7) is 7.00. The zero-order valence-electron chi connectivity index (χ0n) is 14.9. The molecule has 0 aromatic heterocycles. The molecule has 0 aliphatic rings. The Kier molecular flexibility index (Phi) is 5.19. The fourth-order valence-electron chi connectivity index (χ4n) is 2.89. The molecular formula is C20H20F6. The van der Waals surface area contributed by atoms with Gasteiger partial charge in [0.15, 0.2) is 0 Å². The van der Waals surface area contributed by atoms with E-state index in [1.54, 1.807) is 6.07 Å². The van der Waals surface area contributed by atoms with Crippen LogP contribution in [0.2, 0.25) is 0 Å². The Balaban J connectivity index is 2.63. The summed E-state index contributed by atoms with van der Waals surface area (Å²) in [5.41, 5.74) is -1.94. The Hall–Kier alpha value is -1.98. The third-order valence-corrected chi connectivity index (χ3v) is 3.98. The molecule has 0 aliphatic carbocycles. The fourth-order valence-corrected chi connectivity index (χ4v) is 2.89. The van der Waals surface area contributed by atoms with E-state index in [2.05, 4.69) is 0 Å². The summed E-state index contributed by atoms with van der Waals surface area (Å²) in [7, 11) is 0. The summed E-state index contributed by atoms with van der Waals surface area (Å²) in [5, 5.41) is 0. The predicted octanol–water partition coefficient (Wildman–Crippen LogP) is 7.29. The van der Waals surface area contributed by atoms with Crippen molar-refractivity contribution in [2.24, 2.45) is 5.41 Å². The van der Waals surface area contributed by atoms with E-state index in [1.165, 1.54) is 25.1 Å². The Bertz CT molecular complexity index is 791. The molecule has 2 rings (SSSR count). The molecule has 6 heteroatoms. The fraction of sp³-hybridized carbons (Fsp3) is 0.400. The van der Waals surface area contributed by atoms with Crippen LogP contribution in [0.4, 0.5) is 26.3 Å². The van der Waals surface area contributed by atoms with Gasteiger partial charge in [0.2, 0.25) is 0 Å². The third-order valence-electron chi connectivity index (χ3n) is 3.98. The van der Waals surface area contributed by atoms with Gasteiger partial charge in [-0.1, -0.05) is 45.0 Å². The number of alkyl halides is 6. The largest absolute Gasteiger partial charge is 0.417 e. The first-order valence-corrected chi connectivity index (χ1v) is 8.07. The summed E-state index contributed by atoms with van der Waals surface area (Å²) in [6, 6.07) is 7.11. The third kappa shape index (κ3) is 4.80. The zero-order valence-corrected chi connectivity index (χ0v) is 14.9. The lowest BCUT2D eigenvalue weighted by Gasteiger charge is -2.21. The molecule has 2 aromatic carbocycles. The lowest BCUT2D eigenvalue weighted by atomic mass is 9.86. The number of halogens is 6. The van der Waals surface area contributed by atoms with Crippen LogP contribution in [-0.4, -0.2) is 0 Å². The minimum absolute atomic E-state index is 0.0286. The number of rotatable bonds is 2.